The molecule has 1 aliphatic heterocycles. The molecule has 0 bridgehead atoms. The van der Waals surface area contributed by atoms with E-state index >= 15 is 0 Å². The molecule has 0 radical (unpaired) electrons. The van der Waals surface area contributed by atoms with E-state index in [0.29, 0.717) is 6.42 Å². The van der Waals surface area contributed by atoms with Gasteiger partial charge >= 0.3 is 5.97 Å². The fraction of sp³-hybridized carbons (Fsp3) is 0.429. The molecule has 2 rings (SSSR count). The number of rotatable bonds is 1. The van der Waals surface area contributed by atoms with Crippen LogP contribution in [0.5, 0.6) is 0 Å². The van der Waals surface area contributed by atoms with Gasteiger partial charge in [0.1, 0.15) is 5.92 Å². The van der Waals surface area contributed by atoms with E-state index in [1.807, 2.05) is 0 Å². The highest BCUT2D eigenvalue weighted by molar-refractivity contribution is 5.75. The zero-order chi connectivity index (χ0) is 7.84. The average Bonchev–Trinajstić information content (AvgIpc) is 2.41. The quantitative estimate of drug-likeness (QED) is 0.635. The molecule has 1 aromatic rings. The van der Waals surface area contributed by atoms with E-state index in [0.717, 1.165) is 12.2 Å². The van der Waals surface area contributed by atoms with Gasteiger partial charge in [0.25, 0.3) is 0 Å². The fourth-order valence-electron chi connectivity index (χ4n) is 1.48. The molecule has 1 N–H and O–H groups in total. The smallest absolute Gasteiger partial charge is 0.312 e. The number of carboxylic acid groups (broad SMARTS) is 1. The third-order valence-corrected chi connectivity index (χ3v) is 2.03. The Morgan fingerprint density at radius 1 is 1.82 bits per heavy atom. The van der Waals surface area contributed by atoms with Crippen LogP contribution in [0, 0.1) is 0 Å². The van der Waals surface area contributed by atoms with Crippen LogP contribution < -0.4 is 0 Å². The maximum atomic E-state index is 10.6. The molecule has 0 aliphatic carbocycles. The Morgan fingerprint density at radius 2 is 2.64 bits per heavy atom. The Balaban J connectivity index is 2.38. The first-order chi connectivity index (χ1) is 5.29. The molecule has 0 spiro atoms. The lowest BCUT2D eigenvalue weighted by Crippen LogP contribution is -2.07. The lowest BCUT2D eigenvalue weighted by molar-refractivity contribution is -0.138. The predicted molar refractivity (Wildman–Crippen MR) is 37.2 cm³/mol. The van der Waals surface area contributed by atoms with Crippen molar-refractivity contribution in [1.29, 1.82) is 0 Å². The first-order valence-corrected chi connectivity index (χ1v) is 3.53. The second-order valence-corrected chi connectivity index (χ2v) is 2.66. The summed E-state index contributed by atoms with van der Waals surface area (Å²) in [5.74, 6) is -1.08. The first kappa shape index (κ1) is 6.39. The van der Waals surface area contributed by atoms with Crippen LogP contribution in [0.2, 0.25) is 0 Å². The number of aliphatic carboxylic acids is 1. The minimum Gasteiger partial charge on any atom is -0.481 e. The molecule has 1 aliphatic rings. The van der Waals surface area contributed by atoms with Crippen molar-refractivity contribution in [3.05, 3.63) is 18.0 Å². The van der Waals surface area contributed by atoms with Gasteiger partial charge < -0.3 is 5.11 Å². The molecule has 0 saturated heterocycles. The highest BCUT2D eigenvalue weighted by Crippen LogP contribution is 2.26. The topological polar surface area (TPSA) is 55.1 Å². The zero-order valence-electron chi connectivity index (χ0n) is 5.90. The van der Waals surface area contributed by atoms with Gasteiger partial charge in [0.15, 0.2) is 0 Å². The van der Waals surface area contributed by atoms with Crippen LogP contribution in [0.25, 0.3) is 0 Å². The second kappa shape index (κ2) is 2.08. The lowest BCUT2D eigenvalue weighted by Gasteiger charge is -1.99. The molecule has 0 amide bonds. The van der Waals surface area contributed by atoms with E-state index in [1.54, 1.807) is 16.9 Å². The van der Waals surface area contributed by atoms with Gasteiger partial charge in [-0.05, 0) is 12.5 Å². The van der Waals surface area contributed by atoms with Crippen LogP contribution in [0.15, 0.2) is 12.3 Å². The second-order valence-electron chi connectivity index (χ2n) is 2.66. The van der Waals surface area contributed by atoms with E-state index in [1.165, 1.54) is 0 Å². The van der Waals surface area contributed by atoms with Crippen molar-refractivity contribution in [2.45, 2.75) is 18.9 Å². The van der Waals surface area contributed by atoms with Crippen molar-refractivity contribution >= 4 is 5.97 Å². The molecule has 2 heterocycles. The third kappa shape index (κ3) is 0.824. The van der Waals surface area contributed by atoms with Gasteiger partial charge in [-0.2, -0.15) is 5.10 Å². The number of aromatic nitrogens is 2. The van der Waals surface area contributed by atoms with Crippen LogP contribution in [-0.4, -0.2) is 20.9 Å². The van der Waals surface area contributed by atoms with Crippen molar-refractivity contribution in [3.63, 3.8) is 0 Å². The Labute approximate surface area is 63.4 Å². The van der Waals surface area contributed by atoms with E-state index < -0.39 is 5.97 Å². The predicted octanol–water partition coefficient (Wildman–Crippen LogP) is 0.455. The molecule has 0 aromatic carbocycles. The summed E-state index contributed by atoms with van der Waals surface area (Å²) in [6, 6.07) is 1.77. The number of hydrogen-bond donors (Lipinski definition) is 1. The molecule has 1 aromatic heterocycles. The summed E-state index contributed by atoms with van der Waals surface area (Å²) >= 11 is 0. The molecule has 1 unspecified atom stereocenters. The van der Waals surface area contributed by atoms with Crippen LogP contribution in [0.3, 0.4) is 0 Å². The minimum absolute atomic E-state index is 0.336. The molecule has 4 heteroatoms. The summed E-state index contributed by atoms with van der Waals surface area (Å²) in [6.45, 7) is 0.735. The highest BCUT2D eigenvalue weighted by Gasteiger charge is 2.28. The summed E-state index contributed by atoms with van der Waals surface area (Å²) in [5, 5.41) is 12.7. The van der Waals surface area contributed by atoms with E-state index in [2.05, 4.69) is 5.10 Å². The van der Waals surface area contributed by atoms with Gasteiger partial charge in [-0.25, -0.2) is 0 Å². The summed E-state index contributed by atoms with van der Waals surface area (Å²) in [6.07, 6.45) is 2.32. The summed E-state index contributed by atoms with van der Waals surface area (Å²) in [7, 11) is 0. The SMILES string of the molecule is O=C(O)C1CCn2nccc21. The van der Waals surface area contributed by atoms with Crippen molar-refractivity contribution in [3.8, 4) is 0 Å². The van der Waals surface area contributed by atoms with E-state index in [4.69, 9.17) is 5.11 Å². The largest absolute Gasteiger partial charge is 0.481 e. The van der Waals surface area contributed by atoms with Crippen LogP contribution in [-0.2, 0) is 11.3 Å². The normalized spacial score (nSPS) is 21.6. The molecule has 58 valence electrons. The molecular formula is C7H8N2O2. The lowest BCUT2D eigenvalue weighted by atomic mass is 10.1. The first-order valence-electron chi connectivity index (χ1n) is 3.53. The Morgan fingerprint density at radius 3 is 3.36 bits per heavy atom. The Bertz CT molecular complexity index is 292. The summed E-state index contributed by atoms with van der Waals surface area (Å²) in [4.78, 5) is 10.6. The van der Waals surface area contributed by atoms with Gasteiger partial charge in [-0.1, -0.05) is 0 Å². The monoisotopic (exact) mass is 152 g/mol. The van der Waals surface area contributed by atoms with E-state index in [-0.39, 0.29) is 5.92 Å². The standard InChI is InChI=1S/C7H8N2O2/c10-7(11)5-2-4-9-6(5)1-3-8-9/h1,3,5H,2,4H2,(H,10,11). The molecule has 0 saturated carbocycles. The summed E-state index contributed by atoms with van der Waals surface area (Å²) < 4.78 is 1.75. The van der Waals surface area contributed by atoms with Gasteiger partial charge in [0.05, 0.1) is 5.69 Å². The Kier molecular flexibility index (Phi) is 1.21. The van der Waals surface area contributed by atoms with Crippen LogP contribution in [0.4, 0.5) is 0 Å². The highest BCUT2D eigenvalue weighted by atomic mass is 16.4. The van der Waals surface area contributed by atoms with Gasteiger partial charge in [-0.3, -0.25) is 9.48 Å². The van der Waals surface area contributed by atoms with Gasteiger partial charge in [0.2, 0.25) is 0 Å². The Hall–Kier alpha value is -1.32. The van der Waals surface area contributed by atoms with Crippen LogP contribution in [0.1, 0.15) is 18.0 Å². The van der Waals surface area contributed by atoms with Gasteiger partial charge in [-0.15, -0.1) is 0 Å². The van der Waals surface area contributed by atoms with Crippen LogP contribution >= 0.6 is 0 Å². The number of fused-ring (bicyclic) bond motifs is 1. The number of aryl methyl sites for hydroxylation is 1. The van der Waals surface area contributed by atoms with Crippen molar-refractivity contribution in [2.75, 3.05) is 0 Å². The van der Waals surface area contributed by atoms with Crippen molar-refractivity contribution < 1.29 is 9.90 Å². The van der Waals surface area contributed by atoms with Gasteiger partial charge in [0, 0.05) is 12.7 Å². The van der Waals surface area contributed by atoms with Crippen molar-refractivity contribution in [2.24, 2.45) is 0 Å². The van der Waals surface area contributed by atoms with E-state index in [9.17, 15) is 4.79 Å². The molecular weight excluding hydrogens is 144 g/mol. The number of carboxylic acids is 1. The minimum atomic E-state index is -0.746. The number of nitrogens with zero attached hydrogens (tertiary/aromatic N) is 2. The molecule has 0 fully saturated rings. The number of hydrogen-bond acceptors (Lipinski definition) is 2. The average molecular weight is 152 g/mol. The zero-order valence-corrected chi connectivity index (χ0v) is 5.90. The maximum absolute atomic E-state index is 10.6. The summed E-state index contributed by atoms with van der Waals surface area (Å²) in [5.41, 5.74) is 0.831. The molecule has 1 atom stereocenters. The molecule has 11 heavy (non-hydrogen) atoms. The third-order valence-electron chi connectivity index (χ3n) is 2.03. The fourth-order valence-corrected chi connectivity index (χ4v) is 1.48. The number of carbonyl (C=O) groups is 1. The molecule has 4 nitrogen and oxygen atoms in total. The van der Waals surface area contributed by atoms with Crippen molar-refractivity contribution in [1.82, 2.24) is 9.78 Å². The maximum Gasteiger partial charge on any atom is 0.312 e.